The van der Waals surface area contributed by atoms with E-state index in [4.69, 9.17) is 0 Å². The first kappa shape index (κ1) is 12.2. The molecule has 2 heterocycles. The predicted molar refractivity (Wildman–Crippen MR) is 72.3 cm³/mol. The third kappa shape index (κ3) is 2.34. The van der Waals surface area contributed by atoms with Crippen LogP contribution in [0.25, 0.3) is 11.0 Å². The average Bonchev–Trinajstić information content (AvgIpc) is 2.94. The van der Waals surface area contributed by atoms with Gasteiger partial charge in [-0.25, -0.2) is 17.3 Å². The molecule has 0 atom stereocenters. The SMILES string of the molecule is CN(C(=O)c1ccc2nonc2c1)C1CC[B-]CC1. The highest BCUT2D eigenvalue weighted by Gasteiger charge is 2.20. The molecular weight excluding hydrogens is 241 g/mol. The summed E-state index contributed by atoms with van der Waals surface area (Å²) in [7, 11) is 4.17. The molecule has 1 aromatic heterocycles. The van der Waals surface area contributed by atoms with Crippen molar-refractivity contribution in [2.45, 2.75) is 31.5 Å². The van der Waals surface area contributed by atoms with Crippen LogP contribution in [0.5, 0.6) is 0 Å². The Hall–Kier alpha value is -1.85. The maximum atomic E-state index is 12.4. The number of benzene rings is 1. The summed E-state index contributed by atoms with van der Waals surface area (Å²) in [6, 6.07) is 5.62. The van der Waals surface area contributed by atoms with Crippen molar-refractivity contribution in [3.63, 3.8) is 0 Å². The number of fused-ring (bicyclic) bond motifs is 1. The lowest BCUT2D eigenvalue weighted by Gasteiger charge is -2.36. The Balaban J connectivity index is 1.81. The summed E-state index contributed by atoms with van der Waals surface area (Å²) >= 11 is 0. The third-order valence-corrected chi connectivity index (χ3v) is 3.78. The molecule has 0 spiro atoms. The van der Waals surface area contributed by atoms with Gasteiger partial charge in [0.25, 0.3) is 5.91 Å². The lowest BCUT2D eigenvalue weighted by atomic mass is 9.63. The molecule has 1 aliphatic heterocycles. The predicted octanol–water partition coefficient (Wildman–Crippen LogP) is 2.00. The van der Waals surface area contributed by atoms with E-state index in [1.165, 1.54) is 0 Å². The molecule has 0 bridgehead atoms. The number of hydrogen-bond acceptors (Lipinski definition) is 4. The number of hydrogen-bond donors (Lipinski definition) is 0. The molecule has 1 saturated heterocycles. The smallest absolute Gasteiger partial charge is 0.253 e. The van der Waals surface area contributed by atoms with Crippen LogP contribution in [0.3, 0.4) is 0 Å². The van der Waals surface area contributed by atoms with Crippen molar-refractivity contribution < 1.29 is 9.42 Å². The van der Waals surface area contributed by atoms with Crippen molar-refractivity contribution >= 4 is 24.2 Å². The first-order valence-corrected chi connectivity index (χ1v) is 6.57. The van der Waals surface area contributed by atoms with E-state index in [-0.39, 0.29) is 5.91 Å². The van der Waals surface area contributed by atoms with Gasteiger partial charge in [-0.05, 0) is 28.5 Å². The fourth-order valence-electron chi connectivity index (χ4n) is 2.58. The largest absolute Gasteiger partial charge is 0.339 e. The highest BCUT2D eigenvalue weighted by atomic mass is 16.6. The summed E-state index contributed by atoms with van der Waals surface area (Å²) in [6.45, 7) is 0. The Kier molecular flexibility index (Phi) is 3.23. The average molecular weight is 256 g/mol. The molecule has 0 saturated carbocycles. The standard InChI is InChI=1S/C13H15BN3O2/c1-17(10-4-6-14-7-5-10)13(18)9-2-3-11-12(8-9)16-19-15-11/h2-3,8,10H,4-7H2,1H3/q-1. The summed E-state index contributed by atoms with van der Waals surface area (Å²) in [5.41, 5.74) is 1.93. The minimum Gasteiger partial charge on any atom is -0.339 e. The molecule has 19 heavy (non-hydrogen) atoms. The molecule has 1 amide bonds. The van der Waals surface area contributed by atoms with Crippen LogP contribution in [0.15, 0.2) is 22.8 Å². The van der Waals surface area contributed by atoms with Crippen LogP contribution in [-0.4, -0.2) is 41.5 Å². The summed E-state index contributed by atoms with van der Waals surface area (Å²) < 4.78 is 4.65. The van der Waals surface area contributed by atoms with E-state index in [2.05, 4.69) is 22.2 Å². The molecule has 3 rings (SSSR count). The second-order valence-electron chi connectivity index (χ2n) is 4.98. The fraction of sp³-hybridized carbons (Fsp3) is 0.462. The molecule has 1 aliphatic rings. The van der Waals surface area contributed by atoms with Crippen LogP contribution in [0.1, 0.15) is 23.2 Å². The minimum absolute atomic E-state index is 0.0387. The van der Waals surface area contributed by atoms with Crippen LogP contribution < -0.4 is 0 Å². The summed E-state index contributed by atoms with van der Waals surface area (Å²) in [4.78, 5) is 14.3. The molecular formula is C13H15BN3O2-. The van der Waals surface area contributed by atoms with Gasteiger partial charge in [-0.2, -0.15) is 0 Å². The van der Waals surface area contributed by atoms with Gasteiger partial charge in [0.2, 0.25) is 0 Å². The quantitative estimate of drug-likeness (QED) is 0.771. The van der Waals surface area contributed by atoms with Gasteiger partial charge >= 0.3 is 0 Å². The molecule has 98 valence electrons. The maximum Gasteiger partial charge on any atom is 0.253 e. The van der Waals surface area contributed by atoms with Gasteiger partial charge in [0.15, 0.2) is 0 Å². The van der Waals surface area contributed by atoms with E-state index in [9.17, 15) is 4.79 Å². The van der Waals surface area contributed by atoms with Crippen molar-refractivity contribution in [3.8, 4) is 0 Å². The molecule has 5 nitrogen and oxygen atoms in total. The highest BCUT2D eigenvalue weighted by molar-refractivity contribution is 6.35. The van der Waals surface area contributed by atoms with Crippen molar-refractivity contribution in [2.75, 3.05) is 7.05 Å². The van der Waals surface area contributed by atoms with Gasteiger partial charge in [-0.1, -0.05) is 12.8 Å². The van der Waals surface area contributed by atoms with Crippen LogP contribution in [0.4, 0.5) is 0 Å². The molecule has 0 N–H and O–H groups in total. The Bertz CT molecular complexity index is 592. The Morgan fingerprint density at radius 2 is 2.05 bits per heavy atom. The topological polar surface area (TPSA) is 59.2 Å². The number of aromatic nitrogens is 2. The van der Waals surface area contributed by atoms with Gasteiger partial charge < -0.3 is 12.2 Å². The third-order valence-electron chi connectivity index (χ3n) is 3.78. The van der Waals surface area contributed by atoms with Gasteiger partial charge in [-0.3, -0.25) is 4.79 Å². The number of nitrogens with zero attached hydrogens (tertiary/aromatic N) is 3. The molecule has 6 heteroatoms. The number of amides is 1. The zero-order valence-corrected chi connectivity index (χ0v) is 10.9. The Morgan fingerprint density at radius 1 is 1.32 bits per heavy atom. The molecule has 2 aromatic rings. The van der Waals surface area contributed by atoms with Crippen LogP contribution in [0, 0.1) is 0 Å². The van der Waals surface area contributed by atoms with Crippen molar-refractivity contribution in [1.29, 1.82) is 0 Å². The van der Waals surface area contributed by atoms with E-state index in [0.717, 1.165) is 25.5 Å². The summed E-state index contributed by atoms with van der Waals surface area (Å²) in [5.74, 6) is 0.0387. The van der Waals surface area contributed by atoms with Gasteiger partial charge in [-0.15, -0.1) is 0 Å². The number of carbonyl (C=O) groups excluding carboxylic acids is 1. The molecule has 0 unspecified atom stereocenters. The lowest BCUT2D eigenvalue weighted by Crippen LogP contribution is -2.38. The van der Waals surface area contributed by atoms with E-state index >= 15 is 0 Å². The fourth-order valence-corrected chi connectivity index (χ4v) is 2.58. The molecule has 1 aromatic carbocycles. The van der Waals surface area contributed by atoms with E-state index in [0.29, 0.717) is 22.6 Å². The number of carbonyl (C=O) groups is 1. The first-order valence-electron chi connectivity index (χ1n) is 6.57. The second kappa shape index (κ2) is 5.03. The van der Waals surface area contributed by atoms with Crippen molar-refractivity contribution in [3.05, 3.63) is 23.8 Å². The van der Waals surface area contributed by atoms with Gasteiger partial charge in [0.05, 0.1) is 0 Å². The highest BCUT2D eigenvalue weighted by Crippen LogP contribution is 2.21. The molecule has 1 fully saturated rings. The monoisotopic (exact) mass is 256 g/mol. The Morgan fingerprint density at radius 3 is 2.84 bits per heavy atom. The van der Waals surface area contributed by atoms with Crippen LogP contribution in [0.2, 0.25) is 12.6 Å². The summed E-state index contributed by atoms with van der Waals surface area (Å²) in [5, 5.41) is 7.51. The number of rotatable bonds is 2. The van der Waals surface area contributed by atoms with Gasteiger partial charge in [0.1, 0.15) is 11.0 Å². The zero-order chi connectivity index (χ0) is 13.2. The lowest BCUT2D eigenvalue weighted by molar-refractivity contribution is 0.0721. The van der Waals surface area contributed by atoms with Crippen molar-refractivity contribution in [1.82, 2.24) is 15.2 Å². The van der Waals surface area contributed by atoms with E-state index < -0.39 is 0 Å². The molecule has 0 aliphatic carbocycles. The van der Waals surface area contributed by atoms with Crippen LogP contribution >= 0.6 is 0 Å². The minimum atomic E-state index is 0.0387. The second-order valence-corrected chi connectivity index (χ2v) is 4.98. The maximum absolute atomic E-state index is 12.4. The van der Waals surface area contributed by atoms with Crippen molar-refractivity contribution in [2.24, 2.45) is 0 Å². The normalized spacial score (nSPS) is 16.7. The van der Waals surface area contributed by atoms with Crippen LogP contribution in [-0.2, 0) is 0 Å². The first-order chi connectivity index (χ1) is 9.25. The van der Waals surface area contributed by atoms with Gasteiger partial charge in [0, 0.05) is 18.7 Å². The Labute approximate surface area is 112 Å². The molecule has 2 radical (unpaired) electrons. The van der Waals surface area contributed by atoms with E-state index in [1.807, 2.05) is 11.9 Å². The summed E-state index contributed by atoms with van der Waals surface area (Å²) in [6.07, 6.45) is 4.29. The zero-order valence-electron chi connectivity index (χ0n) is 10.9. The van der Waals surface area contributed by atoms with E-state index in [1.54, 1.807) is 18.2 Å².